The number of unbranched alkanes of at least 4 members (excludes halogenated alkanes) is 10. The minimum Gasteiger partial charge on any atom is -0.490 e. The molecular formula is C37H52F2O3. The van der Waals surface area contributed by atoms with E-state index in [0.29, 0.717) is 23.3 Å². The lowest BCUT2D eigenvalue weighted by Gasteiger charge is -2.52. The zero-order chi connectivity index (χ0) is 29.8. The molecule has 3 aliphatic carbocycles. The summed E-state index contributed by atoms with van der Waals surface area (Å²) in [6.45, 7) is 4.81. The molecule has 3 nitrogen and oxygen atoms in total. The van der Waals surface area contributed by atoms with Crippen LogP contribution in [-0.2, 0) is 4.79 Å². The number of esters is 1. The van der Waals surface area contributed by atoms with Gasteiger partial charge in [-0.2, -0.15) is 4.39 Å². The van der Waals surface area contributed by atoms with Crippen LogP contribution in [0.1, 0.15) is 136 Å². The van der Waals surface area contributed by atoms with Gasteiger partial charge in [-0.3, -0.25) is 4.79 Å². The maximum absolute atomic E-state index is 15.0. The number of fused-ring (bicyclic) bond motifs is 3. The minimum atomic E-state index is -0.963. The smallest absolute Gasteiger partial charge is 0.317 e. The van der Waals surface area contributed by atoms with Crippen LogP contribution in [0.25, 0.3) is 11.1 Å². The Labute approximate surface area is 252 Å². The fraction of sp³-hybridized carbons (Fsp3) is 0.649. The number of carbonyl (C=O) groups excluding carboxylic acids is 1. The summed E-state index contributed by atoms with van der Waals surface area (Å²) in [6, 6.07) is 9.77. The molecule has 5 heteroatoms. The van der Waals surface area contributed by atoms with Crippen molar-refractivity contribution in [1.29, 1.82) is 0 Å². The van der Waals surface area contributed by atoms with Gasteiger partial charge in [0.2, 0.25) is 5.82 Å². The van der Waals surface area contributed by atoms with Crippen LogP contribution in [0.5, 0.6) is 11.5 Å². The summed E-state index contributed by atoms with van der Waals surface area (Å²) >= 11 is 0. The van der Waals surface area contributed by atoms with Crippen LogP contribution < -0.4 is 9.47 Å². The second-order valence-electron chi connectivity index (χ2n) is 13.1. The first-order valence-electron chi connectivity index (χ1n) is 16.9. The highest BCUT2D eigenvalue weighted by atomic mass is 19.2. The number of ether oxygens (including phenoxy) is 2. The highest BCUT2D eigenvalue weighted by Gasteiger charge is 2.52. The van der Waals surface area contributed by atoms with Gasteiger partial charge in [-0.25, -0.2) is 4.39 Å². The van der Waals surface area contributed by atoms with Crippen molar-refractivity contribution in [3.63, 3.8) is 0 Å². The van der Waals surface area contributed by atoms with Gasteiger partial charge in [-0.1, -0.05) is 96.6 Å². The van der Waals surface area contributed by atoms with E-state index in [4.69, 9.17) is 9.47 Å². The van der Waals surface area contributed by atoms with E-state index in [9.17, 15) is 13.6 Å². The fourth-order valence-electron chi connectivity index (χ4n) is 7.07. The van der Waals surface area contributed by atoms with Crippen LogP contribution in [0.3, 0.4) is 0 Å². The Hall–Kier alpha value is -2.43. The Kier molecular flexibility index (Phi) is 12.3. The molecule has 0 unspecified atom stereocenters. The van der Waals surface area contributed by atoms with Crippen molar-refractivity contribution in [2.24, 2.45) is 10.8 Å². The van der Waals surface area contributed by atoms with Crippen molar-refractivity contribution < 1.29 is 23.0 Å². The summed E-state index contributed by atoms with van der Waals surface area (Å²) < 4.78 is 41.1. The molecule has 2 aromatic rings. The van der Waals surface area contributed by atoms with E-state index >= 15 is 0 Å². The quantitative estimate of drug-likeness (QED) is 0.0996. The van der Waals surface area contributed by atoms with Crippen LogP contribution in [0.2, 0.25) is 0 Å². The molecule has 0 amide bonds. The summed E-state index contributed by atoms with van der Waals surface area (Å²) in [5.41, 5.74) is 0.754. The molecule has 232 valence electrons. The lowest BCUT2D eigenvalue weighted by atomic mass is 9.52. The number of rotatable bonds is 18. The first-order valence-corrected chi connectivity index (χ1v) is 16.9. The Morgan fingerprint density at radius 3 is 1.88 bits per heavy atom. The Morgan fingerprint density at radius 1 is 0.690 bits per heavy atom. The van der Waals surface area contributed by atoms with Gasteiger partial charge < -0.3 is 9.47 Å². The number of halogens is 2. The van der Waals surface area contributed by atoms with E-state index in [2.05, 4.69) is 13.8 Å². The first-order chi connectivity index (χ1) is 20.4. The van der Waals surface area contributed by atoms with Gasteiger partial charge in [0.05, 0.1) is 12.0 Å². The Bertz CT molecular complexity index is 1100. The van der Waals surface area contributed by atoms with Gasteiger partial charge in [0.25, 0.3) is 0 Å². The fourth-order valence-corrected chi connectivity index (χ4v) is 7.07. The average Bonchev–Trinajstić information content (AvgIpc) is 3.02. The van der Waals surface area contributed by atoms with Crippen molar-refractivity contribution in [2.75, 3.05) is 6.61 Å². The summed E-state index contributed by atoms with van der Waals surface area (Å²) in [5, 5.41) is 0. The molecule has 0 aromatic heterocycles. The third kappa shape index (κ3) is 8.35. The van der Waals surface area contributed by atoms with Gasteiger partial charge in [0, 0.05) is 5.56 Å². The molecule has 0 heterocycles. The maximum Gasteiger partial charge on any atom is 0.317 e. The molecule has 0 aliphatic heterocycles. The molecule has 3 fully saturated rings. The normalized spacial score (nSPS) is 21.4. The molecule has 0 N–H and O–H groups in total. The van der Waals surface area contributed by atoms with Crippen molar-refractivity contribution in [3.8, 4) is 22.6 Å². The van der Waals surface area contributed by atoms with E-state index in [-0.39, 0.29) is 22.7 Å². The van der Waals surface area contributed by atoms with Gasteiger partial charge in [0.1, 0.15) is 5.75 Å². The molecule has 2 bridgehead atoms. The van der Waals surface area contributed by atoms with Gasteiger partial charge in [-0.15, -0.1) is 0 Å². The van der Waals surface area contributed by atoms with Crippen LogP contribution in [-0.4, -0.2) is 12.6 Å². The monoisotopic (exact) mass is 582 g/mol. The molecule has 2 aromatic carbocycles. The lowest BCUT2D eigenvalue weighted by Crippen LogP contribution is -2.47. The van der Waals surface area contributed by atoms with Crippen molar-refractivity contribution >= 4 is 5.97 Å². The number of hydrogen-bond acceptors (Lipinski definition) is 3. The summed E-state index contributed by atoms with van der Waals surface area (Å²) in [6.07, 6.45) is 22.0. The summed E-state index contributed by atoms with van der Waals surface area (Å²) in [7, 11) is 0. The molecule has 42 heavy (non-hydrogen) atoms. The molecule has 5 rings (SSSR count). The van der Waals surface area contributed by atoms with Crippen LogP contribution in [0.4, 0.5) is 8.78 Å². The van der Waals surface area contributed by atoms with E-state index < -0.39 is 11.6 Å². The average molecular weight is 583 g/mol. The van der Waals surface area contributed by atoms with Crippen molar-refractivity contribution in [3.05, 3.63) is 48.0 Å². The Morgan fingerprint density at radius 2 is 1.26 bits per heavy atom. The third-order valence-corrected chi connectivity index (χ3v) is 10.1. The standard InChI is InChI=1S/C37H52F2O3/c1-3-5-7-9-11-13-21-36-22-25-37(26-23-36,27-24-36)35(40)42-30-17-15-29(16-18-30)31-19-20-32(34(39)33(31)38)41-28-14-12-10-8-6-4-2/h15-20H,3-14,21-28H2,1-2H3. The SMILES string of the molecule is CCCCCCCCOc1ccc(-c2ccc(OC(=O)C34CCC(CCCCCCCC)(CC3)CC4)cc2)c(F)c1F. The second kappa shape index (κ2) is 15.9. The van der Waals surface area contributed by atoms with E-state index in [1.54, 1.807) is 30.3 Å². The predicted octanol–water partition coefficient (Wildman–Crippen LogP) is 11.4. The number of hydrogen-bond donors (Lipinski definition) is 0. The highest BCUT2D eigenvalue weighted by molar-refractivity contribution is 5.80. The van der Waals surface area contributed by atoms with E-state index in [0.717, 1.165) is 57.8 Å². The summed E-state index contributed by atoms with van der Waals surface area (Å²) in [5.74, 6) is -1.62. The first kappa shape index (κ1) is 32.5. The van der Waals surface area contributed by atoms with Crippen LogP contribution in [0, 0.1) is 22.5 Å². The zero-order valence-electron chi connectivity index (χ0n) is 26.1. The second-order valence-corrected chi connectivity index (χ2v) is 13.1. The van der Waals surface area contributed by atoms with E-state index in [1.807, 2.05) is 0 Å². The van der Waals surface area contributed by atoms with Crippen molar-refractivity contribution in [2.45, 2.75) is 136 Å². The summed E-state index contributed by atoms with van der Waals surface area (Å²) in [4.78, 5) is 13.3. The number of carbonyl (C=O) groups is 1. The Balaban J connectivity index is 1.26. The molecule has 0 saturated heterocycles. The van der Waals surface area contributed by atoms with Gasteiger partial charge in [-0.05, 0) is 86.6 Å². The van der Waals surface area contributed by atoms with Gasteiger partial charge >= 0.3 is 5.97 Å². The maximum atomic E-state index is 15.0. The molecule has 0 atom stereocenters. The minimum absolute atomic E-state index is 0.0504. The van der Waals surface area contributed by atoms with E-state index in [1.165, 1.54) is 70.3 Å². The van der Waals surface area contributed by atoms with Gasteiger partial charge in [0.15, 0.2) is 11.6 Å². The third-order valence-electron chi connectivity index (χ3n) is 10.1. The molecule has 3 saturated carbocycles. The van der Waals surface area contributed by atoms with Crippen LogP contribution >= 0.6 is 0 Å². The van der Waals surface area contributed by atoms with Crippen LogP contribution in [0.15, 0.2) is 36.4 Å². The largest absolute Gasteiger partial charge is 0.490 e. The molecular weight excluding hydrogens is 530 g/mol. The molecule has 0 spiro atoms. The topological polar surface area (TPSA) is 35.5 Å². The molecule has 3 aliphatic rings. The zero-order valence-corrected chi connectivity index (χ0v) is 26.1. The predicted molar refractivity (Wildman–Crippen MR) is 167 cm³/mol. The van der Waals surface area contributed by atoms with Crippen molar-refractivity contribution in [1.82, 2.24) is 0 Å². The molecule has 0 radical (unpaired) electrons. The number of benzene rings is 2. The highest BCUT2D eigenvalue weighted by Crippen LogP contribution is 2.59. The lowest BCUT2D eigenvalue weighted by molar-refractivity contribution is -0.156.